The van der Waals surface area contributed by atoms with Crippen molar-refractivity contribution < 1.29 is 14.7 Å². The number of nitrogens with zero attached hydrogens (tertiary/aromatic N) is 1. The monoisotopic (exact) mass is 367 g/mol. The molecule has 1 fully saturated rings. The summed E-state index contributed by atoms with van der Waals surface area (Å²) in [7, 11) is 0. The maximum Gasteiger partial charge on any atom is 0.252 e. The predicted octanol–water partition coefficient (Wildman–Crippen LogP) is 2.39. The van der Waals surface area contributed by atoms with E-state index in [2.05, 4.69) is 15.6 Å². The molecule has 0 bridgehead atoms. The molecule has 0 unspecified atom stereocenters. The molecule has 142 valence electrons. The number of hydrogen-bond donors (Lipinski definition) is 3. The van der Waals surface area contributed by atoms with Crippen molar-refractivity contribution in [2.45, 2.75) is 26.2 Å². The molecule has 0 aliphatic heterocycles. The van der Waals surface area contributed by atoms with Gasteiger partial charge in [-0.15, -0.1) is 0 Å². The van der Waals surface area contributed by atoms with E-state index >= 15 is 0 Å². The molecule has 2 amide bonds. The summed E-state index contributed by atoms with van der Waals surface area (Å²) in [6, 6.07) is 10.7. The number of carbonyl (C=O) groups excluding carboxylic acids is 2. The highest BCUT2D eigenvalue weighted by atomic mass is 16.3. The highest BCUT2D eigenvalue weighted by Crippen LogP contribution is 2.39. The first-order valence-electron chi connectivity index (χ1n) is 9.31. The topological polar surface area (TPSA) is 91.3 Å². The lowest BCUT2D eigenvalue weighted by molar-refractivity contribution is 0.0429. The van der Waals surface area contributed by atoms with Gasteiger partial charge in [-0.1, -0.05) is 18.6 Å². The van der Waals surface area contributed by atoms with E-state index < -0.39 is 0 Å². The number of aliphatic hydroxyl groups excluding tert-OH is 1. The van der Waals surface area contributed by atoms with Crippen molar-refractivity contribution in [3.05, 3.63) is 53.7 Å². The standard InChI is InChI=1S/C21H25N3O3/c1-2-22-20(27)17-7-8-18(23-12-17)15-5-3-6-16(11-15)19(26)24-13-21(14-25)9-4-10-21/h3,5-8,11-12,25H,2,4,9-10,13-14H2,1H3,(H,22,27)(H,24,26). The number of amides is 2. The van der Waals surface area contributed by atoms with E-state index in [0.717, 1.165) is 24.8 Å². The summed E-state index contributed by atoms with van der Waals surface area (Å²) < 4.78 is 0. The van der Waals surface area contributed by atoms with Crippen molar-refractivity contribution in [1.29, 1.82) is 0 Å². The lowest BCUT2D eigenvalue weighted by Gasteiger charge is -2.40. The molecule has 1 aromatic carbocycles. The minimum absolute atomic E-state index is 0.106. The third-order valence-electron chi connectivity index (χ3n) is 5.16. The average molecular weight is 367 g/mol. The molecule has 1 aromatic heterocycles. The van der Waals surface area contributed by atoms with Gasteiger partial charge in [0, 0.05) is 35.8 Å². The van der Waals surface area contributed by atoms with E-state index in [1.54, 1.807) is 24.3 Å². The van der Waals surface area contributed by atoms with Crippen LogP contribution in [0.1, 0.15) is 46.9 Å². The zero-order chi connectivity index (χ0) is 19.3. The summed E-state index contributed by atoms with van der Waals surface area (Å²) in [6.45, 7) is 3.03. The van der Waals surface area contributed by atoms with Gasteiger partial charge in [-0.05, 0) is 44.0 Å². The van der Waals surface area contributed by atoms with Crippen LogP contribution in [0.4, 0.5) is 0 Å². The van der Waals surface area contributed by atoms with Crippen LogP contribution >= 0.6 is 0 Å². The van der Waals surface area contributed by atoms with Gasteiger partial charge in [0.25, 0.3) is 11.8 Å². The quantitative estimate of drug-likeness (QED) is 0.701. The van der Waals surface area contributed by atoms with Crippen LogP contribution in [0.25, 0.3) is 11.3 Å². The van der Waals surface area contributed by atoms with Crippen molar-refractivity contribution >= 4 is 11.8 Å². The number of carbonyl (C=O) groups is 2. The largest absolute Gasteiger partial charge is 0.396 e. The van der Waals surface area contributed by atoms with E-state index in [1.807, 2.05) is 19.1 Å². The molecule has 3 N–H and O–H groups in total. The van der Waals surface area contributed by atoms with Crippen LogP contribution < -0.4 is 10.6 Å². The molecule has 0 spiro atoms. The Morgan fingerprint density at radius 2 is 1.89 bits per heavy atom. The zero-order valence-electron chi connectivity index (χ0n) is 15.5. The van der Waals surface area contributed by atoms with Gasteiger partial charge in [0.15, 0.2) is 0 Å². The van der Waals surface area contributed by atoms with Gasteiger partial charge in [0.1, 0.15) is 0 Å². The number of aliphatic hydroxyl groups is 1. The molecular formula is C21H25N3O3. The summed E-state index contributed by atoms with van der Waals surface area (Å²) in [6.07, 6.45) is 4.54. The molecule has 1 aliphatic rings. The van der Waals surface area contributed by atoms with Crippen LogP contribution in [-0.4, -0.2) is 41.6 Å². The number of benzene rings is 1. The summed E-state index contributed by atoms with van der Waals surface area (Å²) in [5.74, 6) is -0.311. The number of pyridine rings is 1. The average Bonchev–Trinajstić information content (AvgIpc) is 2.68. The smallest absolute Gasteiger partial charge is 0.252 e. The third kappa shape index (κ3) is 4.34. The molecule has 1 saturated carbocycles. The molecular weight excluding hydrogens is 342 g/mol. The van der Waals surface area contributed by atoms with E-state index in [0.29, 0.717) is 29.9 Å². The van der Waals surface area contributed by atoms with Crippen molar-refractivity contribution in [1.82, 2.24) is 15.6 Å². The fourth-order valence-corrected chi connectivity index (χ4v) is 3.22. The minimum atomic E-state index is -0.157. The highest BCUT2D eigenvalue weighted by Gasteiger charge is 2.36. The molecule has 0 atom stereocenters. The van der Waals surface area contributed by atoms with Gasteiger partial charge in [-0.3, -0.25) is 14.6 Å². The Balaban J connectivity index is 1.69. The van der Waals surface area contributed by atoms with Crippen LogP contribution in [0.3, 0.4) is 0 Å². The van der Waals surface area contributed by atoms with Crippen molar-refractivity contribution in [2.75, 3.05) is 19.7 Å². The number of aromatic nitrogens is 1. The molecule has 2 aromatic rings. The fourth-order valence-electron chi connectivity index (χ4n) is 3.22. The van der Waals surface area contributed by atoms with E-state index in [-0.39, 0.29) is 23.8 Å². The van der Waals surface area contributed by atoms with Gasteiger partial charge in [0.05, 0.1) is 17.9 Å². The molecule has 27 heavy (non-hydrogen) atoms. The molecule has 6 nitrogen and oxygen atoms in total. The number of rotatable bonds is 7. The molecule has 6 heteroatoms. The van der Waals surface area contributed by atoms with Gasteiger partial charge in [-0.25, -0.2) is 0 Å². The Morgan fingerprint density at radius 1 is 1.11 bits per heavy atom. The first kappa shape index (κ1) is 19.0. The maximum absolute atomic E-state index is 12.5. The molecule has 3 rings (SSSR count). The lowest BCUT2D eigenvalue weighted by Crippen LogP contribution is -2.44. The molecule has 1 heterocycles. The highest BCUT2D eigenvalue weighted by molar-refractivity contribution is 5.96. The van der Waals surface area contributed by atoms with Crippen LogP contribution in [-0.2, 0) is 0 Å². The Bertz CT molecular complexity index is 808. The zero-order valence-corrected chi connectivity index (χ0v) is 15.5. The van der Waals surface area contributed by atoms with Gasteiger partial charge >= 0.3 is 0 Å². The van der Waals surface area contributed by atoms with Crippen LogP contribution in [0.2, 0.25) is 0 Å². The van der Waals surface area contributed by atoms with E-state index in [1.165, 1.54) is 6.20 Å². The SMILES string of the molecule is CCNC(=O)c1ccc(-c2cccc(C(=O)NCC3(CO)CCC3)c2)nc1. The van der Waals surface area contributed by atoms with Gasteiger partial charge in [-0.2, -0.15) is 0 Å². The normalized spacial score (nSPS) is 14.9. The van der Waals surface area contributed by atoms with E-state index in [9.17, 15) is 14.7 Å². The summed E-state index contributed by atoms with van der Waals surface area (Å²) in [5.41, 5.74) is 2.41. The second-order valence-corrected chi connectivity index (χ2v) is 7.07. The number of hydrogen-bond acceptors (Lipinski definition) is 4. The Morgan fingerprint density at radius 3 is 2.48 bits per heavy atom. The first-order chi connectivity index (χ1) is 13.1. The lowest BCUT2D eigenvalue weighted by atomic mass is 9.69. The van der Waals surface area contributed by atoms with Crippen LogP contribution in [0.5, 0.6) is 0 Å². The number of nitrogens with one attached hydrogen (secondary N) is 2. The summed E-state index contributed by atoms with van der Waals surface area (Å²) in [5, 5.41) is 15.2. The minimum Gasteiger partial charge on any atom is -0.396 e. The molecule has 0 radical (unpaired) electrons. The first-order valence-corrected chi connectivity index (χ1v) is 9.31. The van der Waals surface area contributed by atoms with Gasteiger partial charge < -0.3 is 15.7 Å². The molecule has 1 aliphatic carbocycles. The molecule has 0 saturated heterocycles. The Kier molecular flexibility index (Phi) is 5.86. The van der Waals surface area contributed by atoms with Gasteiger partial charge in [0.2, 0.25) is 0 Å². The van der Waals surface area contributed by atoms with Crippen molar-refractivity contribution in [3.63, 3.8) is 0 Å². The third-order valence-corrected chi connectivity index (χ3v) is 5.16. The van der Waals surface area contributed by atoms with Crippen LogP contribution in [0.15, 0.2) is 42.6 Å². The van der Waals surface area contributed by atoms with Crippen molar-refractivity contribution in [3.8, 4) is 11.3 Å². The second-order valence-electron chi connectivity index (χ2n) is 7.07. The summed E-state index contributed by atoms with van der Waals surface area (Å²) >= 11 is 0. The maximum atomic E-state index is 12.5. The predicted molar refractivity (Wildman–Crippen MR) is 103 cm³/mol. The van der Waals surface area contributed by atoms with Crippen LogP contribution in [0, 0.1) is 5.41 Å². The Hall–Kier alpha value is -2.73. The Labute approximate surface area is 159 Å². The van der Waals surface area contributed by atoms with E-state index in [4.69, 9.17) is 0 Å². The summed E-state index contributed by atoms with van der Waals surface area (Å²) in [4.78, 5) is 28.6. The fraction of sp³-hybridized carbons (Fsp3) is 0.381. The van der Waals surface area contributed by atoms with Crippen molar-refractivity contribution in [2.24, 2.45) is 5.41 Å². The second kappa shape index (κ2) is 8.31.